The van der Waals surface area contributed by atoms with Crippen molar-refractivity contribution in [2.75, 3.05) is 0 Å². The van der Waals surface area contributed by atoms with Crippen molar-refractivity contribution in [1.29, 1.82) is 0 Å². The number of carbonyl (C=O) groups excluding carboxylic acids is 2. The Bertz CT molecular complexity index is 677. The van der Waals surface area contributed by atoms with E-state index in [1.165, 1.54) is 71.6 Å². The summed E-state index contributed by atoms with van der Waals surface area (Å²) in [7, 11) is 0. The monoisotopic (exact) mass is 979 g/mol. The summed E-state index contributed by atoms with van der Waals surface area (Å²) < 4.78 is 0. The van der Waals surface area contributed by atoms with E-state index in [-0.39, 0.29) is 138 Å². The molecule has 0 aromatic carbocycles. The Morgan fingerprint density at radius 1 is 0.484 bits per heavy atom. The van der Waals surface area contributed by atoms with Gasteiger partial charge in [0.25, 0.3) is 0 Å². The molecule has 0 aliphatic carbocycles. The van der Waals surface area contributed by atoms with Crippen molar-refractivity contribution in [2.24, 2.45) is 0 Å². The Morgan fingerprint density at radius 2 is 0.578 bits per heavy atom. The first-order chi connectivity index (χ1) is 27.7. The normalized spacial score (nSPS) is 7.12. The second kappa shape index (κ2) is 175. The zero-order valence-corrected chi connectivity index (χ0v) is 59.3. The van der Waals surface area contributed by atoms with Gasteiger partial charge in [-0.15, -0.1) is 41.8 Å². The maximum atomic E-state index is 10.1. The van der Waals surface area contributed by atoms with E-state index in [1.807, 2.05) is 107 Å². The topological polar surface area (TPSA) is 130 Å². The zero-order chi connectivity index (χ0) is 52.9. The van der Waals surface area contributed by atoms with Crippen LogP contribution in [0.4, 0.5) is 0 Å². The van der Waals surface area contributed by atoms with Gasteiger partial charge in [0.15, 0.2) is 0 Å². The van der Waals surface area contributed by atoms with Crippen molar-refractivity contribution >= 4 is 12.6 Å². The summed E-state index contributed by atoms with van der Waals surface area (Å²) in [6, 6.07) is 0. The van der Waals surface area contributed by atoms with Gasteiger partial charge in [0.1, 0.15) is 18.2 Å². The van der Waals surface area contributed by atoms with Crippen LogP contribution in [0.2, 0.25) is 0 Å². The predicted octanol–water partition coefficient (Wildman–Crippen LogP) is 7.45. The van der Waals surface area contributed by atoms with Gasteiger partial charge < -0.3 is 30.4 Å². The minimum atomic E-state index is -0.931. The molecule has 64 heavy (non-hydrogen) atoms. The average molecular weight is 980 g/mol. The summed E-state index contributed by atoms with van der Waals surface area (Å²) in [5.41, 5.74) is -2.43. The van der Waals surface area contributed by atoms with Crippen molar-refractivity contribution in [3.63, 3.8) is 0 Å². The molecular weight excluding hydrogens is 858 g/mol. The molecule has 0 saturated carbocycles. The Labute approximate surface area is 518 Å². The van der Waals surface area contributed by atoms with Crippen LogP contribution in [0.1, 0.15) is 272 Å². The molecule has 0 rings (SSSR count). The molecule has 6 nitrogen and oxygen atoms in total. The van der Waals surface area contributed by atoms with E-state index in [2.05, 4.69) is 85.5 Å². The van der Waals surface area contributed by atoms with Crippen molar-refractivity contribution < 1.29 is 163 Å². The van der Waals surface area contributed by atoms with Gasteiger partial charge in [-0.25, -0.2) is 0 Å². The SMILES string of the molecule is C#CC.C#CC(C)(C)O.CC.CC.CC.CC#CC.CC(C)(C)[O-].CC(C)(C)[O-].CC=CC.CC=CC.CC=O.CC=O.CCC.CCCC.CCCCC.CCCCC.[K+].[K+].[Na+].[OH-]. The van der Waals surface area contributed by atoms with E-state index >= 15 is 0 Å². The molecule has 0 aromatic rings. The molecule has 0 radical (unpaired) electrons. The summed E-state index contributed by atoms with van der Waals surface area (Å²) >= 11 is 0. The second-order valence-electron chi connectivity index (χ2n) is 12.9. The molecule has 0 fully saturated rings. The molecule has 0 spiro atoms. The van der Waals surface area contributed by atoms with Crippen LogP contribution >= 0.6 is 0 Å². The fourth-order valence-corrected chi connectivity index (χ4v) is 0.707. The van der Waals surface area contributed by atoms with Crippen LogP contribution in [-0.2, 0) is 9.59 Å². The Kier molecular flexibility index (Phi) is 361. The zero-order valence-electron chi connectivity index (χ0n) is 51.0. The Balaban J connectivity index is -0.0000000180. The third kappa shape index (κ3) is 1570. The first kappa shape index (κ1) is 132. The van der Waals surface area contributed by atoms with Gasteiger partial charge >= 0.3 is 132 Å². The van der Waals surface area contributed by atoms with Gasteiger partial charge in [0.05, 0.1) is 0 Å². The summed E-state index contributed by atoms with van der Waals surface area (Å²) in [4.78, 5) is 17.6. The molecular formula is C55H121K2NaO6. The summed E-state index contributed by atoms with van der Waals surface area (Å²) in [6.07, 6.45) is 30.9. The first-order valence-electron chi connectivity index (χ1n) is 23.0. The number of allylic oxidation sites excluding steroid dienone is 4. The van der Waals surface area contributed by atoms with Gasteiger partial charge in [0, 0.05) is 0 Å². The van der Waals surface area contributed by atoms with Crippen molar-refractivity contribution in [3.05, 3.63) is 24.3 Å². The number of rotatable bonds is 5. The van der Waals surface area contributed by atoms with E-state index in [4.69, 9.17) is 21.1 Å². The molecule has 0 heterocycles. The molecule has 0 unspecified atom stereocenters. The van der Waals surface area contributed by atoms with Crippen LogP contribution < -0.4 is 143 Å². The third-order valence-corrected chi connectivity index (χ3v) is 3.18. The van der Waals surface area contributed by atoms with Crippen molar-refractivity contribution in [3.8, 4) is 36.5 Å². The van der Waals surface area contributed by atoms with Crippen LogP contribution in [0.15, 0.2) is 24.3 Å². The standard InChI is InChI=1S/C5H8O.2C5H12.2C4H9O.C4H10.2C4H8.C4H6.C3H8.C3H4.2C2H4O.3C2H6.2K.Na.H2O/c1-4-5(2,3)6;2*1-3-5-4-2;2*1-4(2,3)5;4*1-3-4-2;2*1-3-2;2*1-2-3;3*1-2;;;;/h1,6H,2-3H3;2*3-5H2,1-2H3;2*1-3H3;3-4H2,1-2H3;2*3-4H,1-2H3;1-2H3;3H2,1-2H3;1H,2H3;2*2H,1H3;3*1-2H3;;;;1H2/q;;;2*-1;;;;;;;;;;;;3*+1;/p-1. The maximum Gasteiger partial charge on any atom is 1.00 e. The Morgan fingerprint density at radius 3 is 0.578 bits per heavy atom. The molecule has 0 atom stereocenters. The third-order valence-electron chi connectivity index (χ3n) is 3.18. The van der Waals surface area contributed by atoms with Crippen LogP contribution in [0.3, 0.4) is 0 Å². The van der Waals surface area contributed by atoms with E-state index in [1.54, 1.807) is 62.3 Å². The van der Waals surface area contributed by atoms with E-state index < -0.39 is 16.8 Å². The van der Waals surface area contributed by atoms with E-state index in [0.717, 1.165) is 12.6 Å². The Hall–Kier alpha value is 1.61. The largest absolute Gasteiger partial charge is 1.00 e. The predicted molar refractivity (Wildman–Crippen MR) is 286 cm³/mol. The molecule has 0 saturated heterocycles. The van der Waals surface area contributed by atoms with Gasteiger partial charge in [0.2, 0.25) is 0 Å². The fraction of sp³-hybridized carbons (Fsp3) is 0.782. The number of terminal acetylenes is 2. The second-order valence-corrected chi connectivity index (χ2v) is 12.9. The van der Waals surface area contributed by atoms with Crippen LogP contribution in [-0.4, -0.2) is 40.0 Å². The number of hydrogen-bond donors (Lipinski definition) is 1. The molecule has 2 N–H and O–H groups in total. The number of aldehydes is 2. The van der Waals surface area contributed by atoms with E-state index in [9.17, 15) is 10.2 Å². The summed E-state index contributed by atoms with van der Waals surface area (Å²) in [6.45, 7) is 58.6. The number of unbranched alkanes of at least 4 members (excludes halogenated alkanes) is 5. The van der Waals surface area contributed by atoms with E-state index in [0.29, 0.717) is 0 Å². The van der Waals surface area contributed by atoms with Gasteiger partial charge in [-0.05, 0) is 76.2 Å². The fourth-order valence-electron chi connectivity index (χ4n) is 0.707. The van der Waals surface area contributed by atoms with Crippen molar-refractivity contribution in [2.45, 2.75) is 289 Å². The number of hydrogen-bond acceptors (Lipinski definition) is 6. The molecule has 0 amide bonds. The van der Waals surface area contributed by atoms with Gasteiger partial charge in [-0.3, -0.25) is 0 Å². The molecule has 0 aliphatic rings. The smallest absolute Gasteiger partial charge is 0.870 e. The van der Waals surface area contributed by atoms with Crippen molar-refractivity contribution in [1.82, 2.24) is 0 Å². The van der Waals surface area contributed by atoms with Gasteiger partial charge in [-0.2, -0.15) is 0 Å². The van der Waals surface area contributed by atoms with Crippen LogP contribution in [0, 0.1) is 36.5 Å². The number of carbonyl (C=O) groups is 2. The minimum Gasteiger partial charge on any atom is -0.870 e. The quantitative estimate of drug-likeness (QED) is 0.132. The van der Waals surface area contributed by atoms with Crippen LogP contribution in [0.25, 0.3) is 0 Å². The molecule has 0 aromatic heterocycles. The summed E-state index contributed by atoms with van der Waals surface area (Å²) in [5.74, 6) is 9.77. The minimum absolute atomic E-state index is 0. The molecule has 380 valence electrons. The number of aliphatic hydroxyl groups is 1. The average Bonchev–Trinajstić information content (AvgIpc) is 3.18. The van der Waals surface area contributed by atoms with Gasteiger partial charge in [-0.1, -0.05) is 226 Å². The summed E-state index contributed by atoms with van der Waals surface area (Å²) in [5, 5.41) is 28.8. The molecule has 9 heteroatoms. The first-order valence-corrected chi connectivity index (χ1v) is 23.0. The maximum absolute atomic E-state index is 10.1. The molecule has 0 aliphatic heterocycles. The molecule has 0 bridgehead atoms. The van der Waals surface area contributed by atoms with Crippen LogP contribution in [0.5, 0.6) is 0 Å².